The summed E-state index contributed by atoms with van der Waals surface area (Å²) in [6, 6.07) is 31.3. The molecule has 0 spiro atoms. The van der Waals surface area contributed by atoms with Gasteiger partial charge in [-0.05, 0) is 120 Å². The van der Waals surface area contributed by atoms with Crippen LogP contribution in [0.4, 0.5) is 0 Å². The Morgan fingerprint density at radius 1 is 0.809 bits per heavy atom. The van der Waals surface area contributed by atoms with Crippen LogP contribution in [0.1, 0.15) is 89.0 Å². The average molecular weight is 619 g/mol. The number of carbonyl (C=O) groups excluding carboxylic acids is 1. The first-order valence-corrected chi connectivity index (χ1v) is 17.2. The second kappa shape index (κ2) is 10.9. The van der Waals surface area contributed by atoms with Gasteiger partial charge in [-0.3, -0.25) is 4.79 Å². The number of fused-ring (bicyclic) bond motifs is 1. The highest BCUT2D eigenvalue weighted by Crippen LogP contribution is 2.61. The first-order chi connectivity index (χ1) is 22.9. The summed E-state index contributed by atoms with van der Waals surface area (Å²) in [4.78, 5) is 24.7. The van der Waals surface area contributed by atoms with Crippen LogP contribution in [0.25, 0.3) is 11.1 Å². The van der Waals surface area contributed by atoms with E-state index < -0.39 is 5.97 Å². The van der Waals surface area contributed by atoms with E-state index in [1.165, 1.54) is 60.8 Å². The number of carboxylic acid groups (broad SMARTS) is 1. The smallest absolute Gasteiger partial charge is 0.336 e. The van der Waals surface area contributed by atoms with Crippen LogP contribution in [-0.2, 0) is 16.6 Å². The van der Waals surface area contributed by atoms with Gasteiger partial charge in [0.15, 0.2) is 5.78 Å². The van der Waals surface area contributed by atoms with Gasteiger partial charge in [0, 0.05) is 17.1 Å². The van der Waals surface area contributed by atoms with E-state index in [2.05, 4.69) is 54.6 Å². The number of hydrogen-bond donors (Lipinski definition) is 1. The molecule has 0 amide bonds. The van der Waals surface area contributed by atoms with Crippen molar-refractivity contribution in [2.24, 2.45) is 17.8 Å². The van der Waals surface area contributed by atoms with Crippen LogP contribution in [0.3, 0.4) is 0 Å². The van der Waals surface area contributed by atoms with Crippen molar-refractivity contribution in [2.45, 2.75) is 62.7 Å². The van der Waals surface area contributed by atoms with E-state index in [9.17, 15) is 14.7 Å². The second-order valence-electron chi connectivity index (χ2n) is 14.8. The molecule has 4 saturated carbocycles. The fraction of sp³-hybridized carbons (Fsp3) is 0.302. The SMILES string of the molecule is O=C1C=CC2=C(C1)Oc1cc(-c3ccccc3C(=O)O)ccc1C2c1ccc(Cc2ccccc2)c(C23CC4CC(CC(C4)C2)C3)c1. The van der Waals surface area contributed by atoms with Crippen molar-refractivity contribution < 1.29 is 19.4 Å². The van der Waals surface area contributed by atoms with Crippen molar-refractivity contribution in [2.75, 3.05) is 0 Å². The zero-order valence-electron chi connectivity index (χ0n) is 26.5. The number of hydrogen-bond acceptors (Lipinski definition) is 3. The third-order valence-corrected chi connectivity index (χ3v) is 11.8. The minimum atomic E-state index is -0.960. The van der Waals surface area contributed by atoms with E-state index in [-0.39, 0.29) is 29.1 Å². The van der Waals surface area contributed by atoms with Gasteiger partial charge >= 0.3 is 5.97 Å². The van der Waals surface area contributed by atoms with E-state index >= 15 is 0 Å². The van der Waals surface area contributed by atoms with Crippen molar-refractivity contribution >= 4 is 11.8 Å². The summed E-state index contributed by atoms with van der Waals surface area (Å²) >= 11 is 0. The maximum Gasteiger partial charge on any atom is 0.336 e. The van der Waals surface area contributed by atoms with Crippen LogP contribution < -0.4 is 4.74 Å². The largest absolute Gasteiger partial charge is 0.478 e. The molecule has 4 nitrogen and oxygen atoms in total. The van der Waals surface area contributed by atoms with Gasteiger partial charge in [0.2, 0.25) is 0 Å². The van der Waals surface area contributed by atoms with Crippen LogP contribution in [0, 0.1) is 17.8 Å². The van der Waals surface area contributed by atoms with Gasteiger partial charge in [-0.25, -0.2) is 4.79 Å². The normalized spacial score (nSPS) is 26.9. The summed E-state index contributed by atoms with van der Waals surface area (Å²) in [5.41, 5.74) is 9.57. The molecule has 1 N–H and O–H groups in total. The molecular formula is C43H38O4. The Morgan fingerprint density at radius 2 is 1.53 bits per heavy atom. The maximum absolute atomic E-state index is 12.6. The highest BCUT2D eigenvalue weighted by atomic mass is 16.5. The van der Waals surface area contributed by atoms with Gasteiger partial charge in [-0.1, -0.05) is 84.9 Å². The summed E-state index contributed by atoms with van der Waals surface area (Å²) in [7, 11) is 0. The molecule has 1 unspecified atom stereocenters. The lowest BCUT2D eigenvalue weighted by Crippen LogP contribution is -2.49. The Hall–Kier alpha value is -4.70. The van der Waals surface area contributed by atoms with Crippen molar-refractivity contribution in [3.63, 3.8) is 0 Å². The van der Waals surface area contributed by atoms with Crippen LogP contribution >= 0.6 is 0 Å². The molecule has 0 saturated heterocycles. The quantitative estimate of drug-likeness (QED) is 0.234. The van der Waals surface area contributed by atoms with E-state index in [1.54, 1.807) is 18.2 Å². The maximum atomic E-state index is 12.6. The molecule has 1 heterocycles. The first kappa shape index (κ1) is 28.5. The molecule has 234 valence electrons. The summed E-state index contributed by atoms with van der Waals surface area (Å²) in [6.07, 6.45) is 12.9. The Labute approximate surface area is 275 Å². The Morgan fingerprint density at radius 3 is 2.28 bits per heavy atom. The lowest BCUT2D eigenvalue weighted by Gasteiger charge is -2.57. The molecule has 1 atom stereocenters. The molecule has 0 aromatic heterocycles. The van der Waals surface area contributed by atoms with Crippen molar-refractivity contribution in [1.82, 2.24) is 0 Å². The number of allylic oxidation sites excluding steroid dienone is 4. The van der Waals surface area contributed by atoms with Gasteiger partial charge in [-0.15, -0.1) is 0 Å². The summed E-state index contributed by atoms with van der Waals surface area (Å²) < 4.78 is 6.51. The lowest BCUT2D eigenvalue weighted by atomic mass is 9.47. The monoisotopic (exact) mass is 618 g/mol. The molecule has 10 rings (SSSR count). The summed E-state index contributed by atoms with van der Waals surface area (Å²) in [5.74, 6) is 2.90. The standard InChI is InChI=1S/C43H38O4/c44-33-13-15-37-40(22-33)47-39-21-30(34-8-4-5-9-35(34)42(45)46)12-14-36(39)41(37)32-11-10-31(19-26-6-2-1-3-7-26)38(20-32)43-23-27-16-28(24-43)18-29(17-27)25-43/h1-15,20-21,27-29,41H,16-19,22-25H2,(H,45,46). The number of carbonyl (C=O) groups is 2. The number of ether oxygens (including phenoxy) is 1. The molecule has 4 heteroatoms. The van der Waals surface area contributed by atoms with E-state index in [1.807, 2.05) is 30.3 Å². The van der Waals surface area contributed by atoms with Crippen molar-refractivity contribution in [1.29, 1.82) is 0 Å². The van der Waals surface area contributed by atoms with Gasteiger partial charge in [-0.2, -0.15) is 0 Å². The molecule has 4 aromatic carbocycles. The predicted octanol–water partition coefficient (Wildman–Crippen LogP) is 9.42. The number of ketones is 1. The molecule has 5 aliphatic carbocycles. The lowest BCUT2D eigenvalue weighted by molar-refractivity contribution is -0.114. The summed E-state index contributed by atoms with van der Waals surface area (Å²) in [5, 5.41) is 9.89. The van der Waals surface area contributed by atoms with E-state index in [0.717, 1.165) is 40.9 Å². The zero-order chi connectivity index (χ0) is 31.7. The van der Waals surface area contributed by atoms with Crippen LogP contribution in [0.2, 0.25) is 0 Å². The van der Waals surface area contributed by atoms with Gasteiger partial charge in [0.05, 0.1) is 12.0 Å². The van der Waals surface area contributed by atoms with Gasteiger partial charge in [0.1, 0.15) is 11.5 Å². The zero-order valence-corrected chi connectivity index (χ0v) is 26.5. The molecule has 4 bridgehead atoms. The van der Waals surface area contributed by atoms with Gasteiger partial charge in [0.25, 0.3) is 0 Å². The third-order valence-electron chi connectivity index (χ3n) is 11.8. The molecule has 6 aliphatic rings. The Bertz CT molecular complexity index is 1960. The van der Waals surface area contributed by atoms with E-state index in [0.29, 0.717) is 17.1 Å². The second-order valence-corrected chi connectivity index (χ2v) is 14.8. The number of carboxylic acids is 1. The summed E-state index contributed by atoms with van der Waals surface area (Å²) in [6.45, 7) is 0. The van der Waals surface area contributed by atoms with Crippen molar-refractivity contribution in [3.05, 3.63) is 148 Å². The molecule has 4 aromatic rings. The van der Waals surface area contributed by atoms with E-state index in [4.69, 9.17) is 4.74 Å². The Balaban J connectivity index is 1.19. The van der Waals surface area contributed by atoms with Crippen LogP contribution in [-0.4, -0.2) is 16.9 Å². The number of rotatable bonds is 6. The molecule has 4 fully saturated rings. The fourth-order valence-electron chi connectivity index (χ4n) is 10.2. The third kappa shape index (κ3) is 4.88. The minimum Gasteiger partial charge on any atom is -0.478 e. The first-order valence-electron chi connectivity index (χ1n) is 17.2. The minimum absolute atomic E-state index is 0.0331. The van der Waals surface area contributed by atoms with Gasteiger partial charge < -0.3 is 9.84 Å². The predicted molar refractivity (Wildman–Crippen MR) is 183 cm³/mol. The van der Waals surface area contributed by atoms with Crippen LogP contribution in [0.15, 0.2) is 114 Å². The van der Waals surface area contributed by atoms with Crippen molar-refractivity contribution in [3.8, 4) is 16.9 Å². The number of benzene rings is 4. The highest BCUT2D eigenvalue weighted by Gasteiger charge is 2.52. The fourth-order valence-corrected chi connectivity index (χ4v) is 10.2. The Kier molecular flexibility index (Phi) is 6.64. The molecule has 0 radical (unpaired) electrons. The molecule has 1 aliphatic heterocycles. The molecular weight excluding hydrogens is 580 g/mol. The topological polar surface area (TPSA) is 63.6 Å². The number of aromatic carboxylic acids is 1. The average Bonchev–Trinajstić information content (AvgIpc) is 3.07. The molecule has 47 heavy (non-hydrogen) atoms. The van der Waals surface area contributed by atoms with Crippen LogP contribution in [0.5, 0.6) is 5.75 Å². The highest BCUT2D eigenvalue weighted by molar-refractivity contribution is 5.96.